The zero-order valence-corrected chi connectivity index (χ0v) is 17.8. The molecule has 2 amide bonds. The molecule has 1 heterocycles. The number of halogens is 1. The lowest BCUT2D eigenvalue weighted by Crippen LogP contribution is -2.22. The second kappa shape index (κ2) is 9.36. The molecule has 160 valence electrons. The number of carbonyl (C=O) groups excluding carboxylic acids is 2. The van der Waals surface area contributed by atoms with Crippen LogP contribution in [0.5, 0.6) is 0 Å². The summed E-state index contributed by atoms with van der Waals surface area (Å²) in [7, 11) is 1.28. The number of carbonyl (C=O) groups is 2. The Hall–Kier alpha value is -4.10. The van der Waals surface area contributed by atoms with E-state index in [1.165, 1.54) is 11.8 Å². The summed E-state index contributed by atoms with van der Waals surface area (Å²) in [6.07, 6.45) is 0. The molecule has 0 spiro atoms. The molecule has 0 aliphatic carbocycles. The number of ether oxygens (including phenoxy) is 1. The number of nitrogens with one attached hydrogen (secondary N) is 2. The molecule has 0 fully saturated rings. The molecule has 4 aromatic rings. The number of urea groups is 1. The maximum absolute atomic E-state index is 12.8. The van der Waals surface area contributed by atoms with Gasteiger partial charge in [0.05, 0.1) is 12.8 Å². The number of amides is 2. The molecule has 0 saturated heterocycles. The van der Waals surface area contributed by atoms with Crippen molar-refractivity contribution in [2.24, 2.45) is 0 Å². The Labute approximate surface area is 189 Å². The summed E-state index contributed by atoms with van der Waals surface area (Å²) in [4.78, 5) is 25.6. The van der Waals surface area contributed by atoms with Crippen LogP contribution in [0.25, 0.3) is 16.9 Å². The van der Waals surface area contributed by atoms with Gasteiger partial charge in [-0.15, -0.1) is 0 Å². The first kappa shape index (κ1) is 21.1. The highest BCUT2D eigenvalue weighted by Crippen LogP contribution is 2.33. The second-order valence-corrected chi connectivity index (χ2v) is 7.20. The summed E-state index contributed by atoms with van der Waals surface area (Å²) < 4.78 is 6.48. The number of hydrogen-bond donors (Lipinski definition) is 2. The molecule has 2 N–H and O–H groups in total. The van der Waals surface area contributed by atoms with Gasteiger partial charge in [0, 0.05) is 16.3 Å². The number of benzene rings is 3. The van der Waals surface area contributed by atoms with Gasteiger partial charge in [-0.25, -0.2) is 14.3 Å². The minimum atomic E-state index is -0.637. The number of para-hydroxylation sites is 1. The molecule has 4 rings (SSSR count). The first-order chi connectivity index (χ1) is 15.6. The van der Waals surface area contributed by atoms with Crippen molar-refractivity contribution in [3.8, 4) is 16.9 Å². The van der Waals surface area contributed by atoms with E-state index in [9.17, 15) is 9.59 Å². The minimum absolute atomic E-state index is 0.0961. The van der Waals surface area contributed by atoms with Crippen LogP contribution in [0.1, 0.15) is 10.5 Å². The zero-order chi connectivity index (χ0) is 22.5. The van der Waals surface area contributed by atoms with Gasteiger partial charge in [0.15, 0.2) is 5.69 Å². The molecule has 0 bridgehead atoms. The van der Waals surface area contributed by atoms with Crippen molar-refractivity contribution in [2.75, 3.05) is 17.7 Å². The number of nitrogens with zero attached hydrogens (tertiary/aromatic N) is 2. The normalized spacial score (nSPS) is 10.4. The van der Waals surface area contributed by atoms with E-state index in [1.807, 2.05) is 60.7 Å². The summed E-state index contributed by atoms with van der Waals surface area (Å²) in [6, 6.07) is 24.6. The van der Waals surface area contributed by atoms with E-state index < -0.39 is 12.0 Å². The van der Waals surface area contributed by atoms with Crippen LogP contribution in [0.2, 0.25) is 5.02 Å². The molecular weight excluding hydrogens is 428 g/mol. The number of esters is 1. The molecule has 3 aromatic carbocycles. The van der Waals surface area contributed by atoms with Crippen molar-refractivity contribution in [3.05, 3.63) is 95.6 Å². The van der Waals surface area contributed by atoms with E-state index in [-0.39, 0.29) is 11.4 Å². The van der Waals surface area contributed by atoms with Crippen LogP contribution in [0.15, 0.2) is 84.9 Å². The number of methoxy groups -OCH3 is 1. The lowest BCUT2D eigenvalue weighted by Gasteiger charge is -2.11. The van der Waals surface area contributed by atoms with Crippen molar-refractivity contribution < 1.29 is 14.3 Å². The average Bonchev–Trinajstić information content (AvgIpc) is 3.18. The van der Waals surface area contributed by atoms with Gasteiger partial charge < -0.3 is 15.4 Å². The minimum Gasteiger partial charge on any atom is -0.464 e. The van der Waals surface area contributed by atoms with Gasteiger partial charge in [0.25, 0.3) is 0 Å². The van der Waals surface area contributed by atoms with E-state index >= 15 is 0 Å². The Bertz CT molecular complexity index is 1260. The first-order valence-electron chi connectivity index (χ1n) is 9.72. The molecule has 7 nitrogen and oxygen atoms in total. The standard InChI is InChI=1S/C24H19ClN4O3/c1-32-23(30)22-21(27-24(31)26-18-12-8-11-17(25)15-18)20(16-9-4-2-5-10-16)28-29(22)19-13-6-3-7-14-19/h2-15H,1H3,(H2,26,27,31). The van der Waals surface area contributed by atoms with Crippen LogP contribution in [-0.4, -0.2) is 28.9 Å². The molecule has 0 aliphatic rings. The van der Waals surface area contributed by atoms with Gasteiger partial charge >= 0.3 is 12.0 Å². The third-order valence-electron chi connectivity index (χ3n) is 4.63. The lowest BCUT2D eigenvalue weighted by molar-refractivity contribution is 0.0591. The summed E-state index contributed by atoms with van der Waals surface area (Å²) in [5.74, 6) is -0.637. The maximum atomic E-state index is 12.8. The number of hydrogen-bond acceptors (Lipinski definition) is 4. The van der Waals surface area contributed by atoms with Gasteiger partial charge in [-0.2, -0.15) is 5.10 Å². The summed E-state index contributed by atoms with van der Waals surface area (Å²) >= 11 is 6.00. The van der Waals surface area contributed by atoms with E-state index in [0.717, 1.165) is 5.56 Å². The molecule has 0 saturated carbocycles. The Morgan fingerprint density at radius 3 is 2.25 bits per heavy atom. The van der Waals surface area contributed by atoms with E-state index in [4.69, 9.17) is 16.3 Å². The molecule has 0 unspecified atom stereocenters. The van der Waals surface area contributed by atoms with Crippen LogP contribution < -0.4 is 10.6 Å². The SMILES string of the molecule is COC(=O)c1c(NC(=O)Nc2cccc(Cl)c2)c(-c2ccccc2)nn1-c1ccccc1. The molecule has 0 radical (unpaired) electrons. The molecule has 8 heteroatoms. The van der Waals surface area contributed by atoms with Crippen LogP contribution in [0.4, 0.5) is 16.2 Å². The van der Waals surface area contributed by atoms with Gasteiger partial charge in [-0.1, -0.05) is 66.2 Å². The summed E-state index contributed by atoms with van der Waals surface area (Å²) in [5, 5.41) is 10.6. The number of rotatable bonds is 5. The Morgan fingerprint density at radius 2 is 1.59 bits per heavy atom. The molecule has 0 atom stereocenters. The molecule has 32 heavy (non-hydrogen) atoms. The fraction of sp³-hybridized carbons (Fsp3) is 0.0417. The predicted octanol–water partition coefficient (Wildman–Crippen LogP) is 5.62. The zero-order valence-electron chi connectivity index (χ0n) is 17.1. The van der Waals surface area contributed by atoms with Gasteiger partial charge in [0.2, 0.25) is 0 Å². The third kappa shape index (κ3) is 4.48. The lowest BCUT2D eigenvalue weighted by atomic mass is 10.1. The predicted molar refractivity (Wildman–Crippen MR) is 124 cm³/mol. The number of anilines is 2. The largest absolute Gasteiger partial charge is 0.464 e. The Morgan fingerprint density at radius 1 is 0.906 bits per heavy atom. The second-order valence-electron chi connectivity index (χ2n) is 6.77. The maximum Gasteiger partial charge on any atom is 0.359 e. The first-order valence-corrected chi connectivity index (χ1v) is 10.1. The van der Waals surface area contributed by atoms with Crippen molar-refractivity contribution in [1.29, 1.82) is 0 Å². The smallest absolute Gasteiger partial charge is 0.359 e. The van der Waals surface area contributed by atoms with Crippen molar-refractivity contribution in [2.45, 2.75) is 0 Å². The van der Waals surface area contributed by atoms with Crippen LogP contribution in [0, 0.1) is 0 Å². The molecule has 1 aromatic heterocycles. The fourth-order valence-corrected chi connectivity index (χ4v) is 3.41. The molecular formula is C24H19ClN4O3. The number of aromatic nitrogens is 2. The van der Waals surface area contributed by atoms with Crippen LogP contribution >= 0.6 is 11.6 Å². The quantitative estimate of drug-likeness (QED) is 0.389. The van der Waals surface area contributed by atoms with Crippen LogP contribution in [-0.2, 0) is 4.74 Å². The Kier molecular flexibility index (Phi) is 6.19. The summed E-state index contributed by atoms with van der Waals surface area (Å²) in [5.41, 5.74) is 2.63. The average molecular weight is 447 g/mol. The molecule has 0 aliphatic heterocycles. The van der Waals surface area contributed by atoms with Gasteiger partial charge in [-0.3, -0.25) is 0 Å². The van der Waals surface area contributed by atoms with E-state index in [1.54, 1.807) is 24.3 Å². The summed E-state index contributed by atoms with van der Waals surface area (Å²) in [6.45, 7) is 0. The highest BCUT2D eigenvalue weighted by Gasteiger charge is 2.27. The fourth-order valence-electron chi connectivity index (χ4n) is 3.22. The van der Waals surface area contributed by atoms with Gasteiger partial charge in [-0.05, 0) is 30.3 Å². The highest BCUT2D eigenvalue weighted by molar-refractivity contribution is 6.31. The monoisotopic (exact) mass is 446 g/mol. The van der Waals surface area contributed by atoms with Gasteiger partial charge in [0.1, 0.15) is 11.4 Å². The van der Waals surface area contributed by atoms with Crippen molar-refractivity contribution >= 4 is 35.0 Å². The van der Waals surface area contributed by atoms with E-state index in [0.29, 0.717) is 22.1 Å². The Balaban J connectivity index is 1.82. The van der Waals surface area contributed by atoms with E-state index in [2.05, 4.69) is 15.7 Å². The highest BCUT2D eigenvalue weighted by atomic mass is 35.5. The van der Waals surface area contributed by atoms with Crippen molar-refractivity contribution in [3.63, 3.8) is 0 Å². The third-order valence-corrected chi connectivity index (χ3v) is 4.87. The topological polar surface area (TPSA) is 85.2 Å². The van der Waals surface area contributed by atoms with Crippen LogP contribution in [0.3, 0.4) is 0 Å². The van der Waals surface area contributed by atoms with Crippen molar-refractivity contribution in [1.82, 2.24) is 9.78 Å².